The van der Waals surface area contributed by atoms with E-state index in [1.165, 1.54) is 0 Å². The number of nitrogens with zero attached hydrogens (tertiary/aromatic N) is 3. The van der Waals surface area contributed by atoms with E-state index in [-0.39, 0.29) is 6.04 Å². The van der Waals surface area contributed by atoms with Gasteiger partial charge in [-0.15, -0.1) is 0 Å². The van der Waals surface area contributed by atoms with E-state index in [1.807, 2.05) is 0 Å². The lowest BCUT2D eigenvalue weighted by Gasteiger charge is -2.14. The Morgan fingerprint density at radius 2 is 2.15 bits per heavy atom. The van der Waals surface area contributed by atoms with Crippen LogP contribution in [0.5, 0.6) is 0 Å². The predicted molar refractivity (Wildman–Crippen MR) is 54.5 cm³/mol. The van der Waals surface area contributed by atoms with Crippen LogP contribution in [0, 0.1) is 0 Å². The van der Waals surface area contributed by atoms with Gasteiger partial charge in [0.15, 0.2) is 0 Å². The number of aromatic nitrogens is 2. The minimum Gasteiger partial charge on any atom is -0.339 e. The van der Waals surface area contributed by atoms with E-state index in [9.17, 15) is 0 Å². The Morgan fingerprint density at radius 3 is 2.69 bits per heavy atom. The average molecular weight is 243 g/mol. The lowest BCUT2D eigenvalue weighted by Crippen LogP contribution is -2.27. The number of halogens is 1. The van der Waals surface area contributed by atoms with Crippen molar-refractivity contribution in [2.24, 2.45) is 5.73 Å². The first-order chi connectivity index (χ1) is 6.25. The molecule has 1 atom stereocenters. The predicted octanol–water partition coefficient (Wildman–Crippen LogP) is 0.776. The average Bonchev–Trinajstić information content (AvgIpc) is 2.53. The van der Waals surface area contributed by atoms with E-state index in [2.05, 4.69) is 30.8 Å². The minimum atomic E-state index is 0.271. The lowest BCUT2D eigenvalue weighted by molar-refractivity contribution is 0.750. The zero-order valence-electron chi connectivity index (χ0n) is 7.15. The fourth-order valence-electron chi connectivity index (χ4n) is 1.44. The third kappa shape index (κ3) is 1.97. The molecular formula is C8H11BrN4. The van der Waals surface area contributed by atoms with Crippen LogP contribution in [0.2, 0.25) is 0 Å². The molecule has 2 heterocycles. The van der Waals surface area contributed by atoms with E-state index in [1.54, 1.807) is 12.4 Å². The summed E-state index contributed by atoms with van der Waals surface area (Å²) >= 11 is 3.30. The first kappa shape index (κ1) is 8.90. The molecule has 13 heavy (non-hydrogen) atoms. The van der Waals surface area contributed by atoms with Gasteiger partial charge in [0.25, 0.3) is 0 Å². The van der Waals surface area contributed by atoms with Crippen LogP contribution in [0.15, 0.2) is 16.9 Å². The number of rotatable bonds is 1. The van der Waals surface area contributed by atoms with E-state index < -0.39 is 0 Å². The van der Waals surface area contributed by atoms with Crippen LogP contribution in [-0.4, -0.2) is 29.1 Å². The van der Waals surface area contributed by atoms with E-state index in [4.69, 9.17) is 5.73 Å². The van der Waals surface area contributed by atoms with Crippen molar-refractivity contribution in [1.82, 2.24) is 9.97 Å². The Bertz CT molecular complexity index is 287. The second kappa shape index (κ2) is 3.59. The van der Waals surface area contributed by atoms with Crippen LogP contribution >= 0.6 is 15.9 Å². The number of nitrogens with two attached hydrogens (primary N) is 1. The van der Waals surface area contributed by atoms with Gasteiger partial charge in [-0.25, -0.2) is 9.97 Å². The number of hydrogen-bond donors (Lipinski definition) is 1. The van der Waals surface area contributed by atoms with Crippen LogP contribution in [0.3, 0.4) is 0 Å². The van der Waals surface area contributed by atoms with Crippen LogP contribution in [0.4, 0.5) is 5.95 Å². The van der Waals surface area contributed by atoms with Gasteiger partial charge < -0.3 is 10.6 Å². The summed E-state index contributed by atoms with van der Waals surface area (Å²) in [6, 6.07) is 0.271. The molecule has 0 bridgehead atoms. The molecule has 0 saturated carbocycles. The SMILES string of the molecule is NC1CCN(c2ncc(Br)cn2)C1. The molecular weight excluding hydrogens is 232 g/mol. The third-order valence-electron chi connectivity index (χ3n) is 2.11. The van der Waals surface area contributed by atoms with Gasteiger partial charge in [0, 0.05) is 31.5 Å². The number of anilines is 1. The molecule has 1 aliphatic rings. The Kier molecular flexibility index (Phi) is 2.46. The van der Waals surface area contributed by atoms with Gasteiger partial charge in [-0.2, -0.15) is 0 Å². The maximum atomic E-state index is 5.79. The van der Waals surface area contributed by atoms with Gasteiger partial charge in [-0.3, -0.25) is 0 Å². The van der Waals surface area contributed by atoms with Gasteiger partial charge in [0.2, 0.25) is 5.95 Å². The fourth-order valence-corrected chi connectivity index (χ4v) is 1.64. The fraction of sp³-hybridized carbons (Fsp3) is 0.500. The van der Waals surface area contributed by atoms with Crippen molar-refractivity contribution in [1.29, 1.82) is 0 Å². The molecule has 70 valence electrons. The van der Waals surface area contributed by atoms with Crippen molar-refractivity contribution in [3.05, 3.63) is 16.9 Å². The molecule has 1 aliphatic heterocycles. The summed E-state index contributed by atoms with van der Waals surface area (Å²) in [7, 11) is 0. The normalized spacial score (nSPS) is 22.3. The van der Waals surface area contributed by atoms with Crippen molar-refractivity contribution < 1.29 is 0 Å². The molecule has 1 unspecified atom stereocenters. The quantitative estimate of drug-likeness (QED) is 0.791. The van der Waals surface area contributed by atoms with E-state index in [0.717, 1.165) is 29.9 Å². The standard InChI is InChI=1S/C8H11BrN4/c9-6-3-11-8(12-4-6)13-2-1-7(10)5-13/h3-4,7H,1-2,5,10H2. The van der Waals surface area contributed by atoms with Crippen molar-refractivity contribution in [3.8, 4) is 0 Å². The summed E-state index contributed by atoms with van der Waals surface area (Å²) in [6.07, 6.45) is 4.54. The first-order valence-corrected chi connectivity index (χ1v) is 5.03. The van der Waals surface area contributed by atoms with Crippen LogP contribution < -0.4 is 10.6 Å². The monoisotopic (exact) mass is 242 g/mol. The van der Waals surface area contributed by atoms with E-state index >= 15 is 0 Å². The molecule has 2 rings (SSSR count). The summed E-state index contributed by atoms with van der Waals surface area (Å²) in [5.41, 5.74) is 5.79. The van der Waals surface area contributed by atoms with Crippen molar-refractivity contribution in [2.45, 2.75) is 12.5 Å². The second-order valence-corrected chi connectivity index (χ2v) is 4.11. The Hall–Kier alpha value is -0.680. The van der Waals surface area contributed by atoms with E-state index in [0.29, 0.717) is 0 Å². The summed E-state index contributed by atoms with van der Waals surface area (Å²) in [4.78, 5) is 10.5. The summed E-state index contributed by atoms with van der Waals surface area (Å²) in [6.45, 7) is 1.82. The van der Waals surface area contributed by atoms with Crippen molar-refractivity contribution >= 4 is 21.9 Å². The highest BCUT2D eigenvalue weighted by molar-refractivity contribution is 9.10. The van der Waals surface area contributed by atoms with Crippen molar-refractivity contribution in [3.63, 3.8) is 0 Å². The summed E-state index contributed by atoms with van der Waals surface area (Å²) in [5.74, 6) is 0.774. The minimum absolute atomic E-state index is 0.271. The zero-order chi connectivity index (χ0) is 9.26. The van der Waals surface area contributed by atoms with Crippen LogP contribution in [-0.2, 0) is 0 Å². The van der Waals surface area contributed by atoms with Crippen LogP contribution in [0.1, 0.15) is 6.42 Å². The maximum Gasteiger partial charge on any atom is 0.225 e. The van der Waals surface area contributed by atoms with Gasteiger partial charge >= 0.3 is 0 Å². The molecule has 1 saturated heterocycles. The molecule has 1 fully saturated rings. The van der Waals surface area contributed by atoms with Gasteiger partial charge in [0.1, 0.15) is 0 Å². The topological polar surface area (TPSA) is 55.0 Å². The molecule has 0 aromatic carbocycles. The Morgan fingerprint density at radius 1 is 1.46 bits per heavy atom. The second-order valence-electron chi connectivity index (χ2n) is 3.20. The summed E-state index contributed by atoms with van der Waals surface area (Å²) in [5, 5.41) is 0. The highest BCUT2D eigenvalue weighted by Crippen LogP contribution is 2.15. The first-order valence-electron chi connectivity index (χ1n) is 4.24. The lowest BCUT2D eigenvalue weighted by atomic mass is 10.3. The molecule has 0 spiro atoms. The molecule has 4 nitrogen and oxygen atoms in total. The van der Waals surface area contributed by atoms with Gasteiger partial charge in [-0.05, 0) is 22.4 Å². The number of hydrogen-bond acceptors (Lipinski definition) is 4. The molecule has 0 radical (unpaired) electrons. The Balaban J connectivity index is 2.13. The molecule has 1 aromatic rings. The molecule has 1 aromatic heterocycles. The van der Waals surface area contributed by atoms with Gasteiger partial charge in [0.05, 0.1) is 4.47 Å². The Labute approximate surface area is 85.3 Å². The third-order valence-corrected chi connectivity index (χ3v) is 2.52. The highest BCUT2D eigenvalue weighted by atomic mass is 79.9. The smallest absolute Gasteiger partial charge is 0.225 e. The van der Waals surface area contributed by atoms with Crippen molar-refractivity contribution in [2.75, 3.05) is 18.0 Å². The van der Waals surface area contributed by atoms with Gasteiger partial charge in [-0.1, -0.05) is 0 Å². The molecule has 5 heteroatoms. The largest absolute Gasteiger partial charge is 0.339 e. The molecule has 2 N–H and O–H groups in total. The molecule has 0 aliphatic carbocycles. The maximum absolute atomic E-state index is 5.79. The zero-order valence-corrected chi connectivity index (χ0v) is 8.74. The highest BCUT2D eigenvalue weighted by Gasteiger charge is 2.20. The summed E-state index contributed by atoms with van der Waals surface area (Å²) < 4.78 is 0.903. The van der Waals surface area contributed by atoms with Crippen LogP contribution in [0.25, 0.3) is 0 Å². The molecule has 0 amide bonds.